The lowest BCUT2D eigenvalue weighted by Gasteiger charge is -2.09. The Hall–Kier alpha value is -1.80. The predicted molar refractivity (Wildman–Crippen MR) is 97.9 cm³/mol. The first kappa shape index (κ1) is 19.5. The fourth-order valence-corrected chi connectivity index (χ4v) is 3.43. The van der Waals surface area contributed by atoms with Gasteiger partial charge in [0.2, 0.25) is 15.9 Å². The van der Waals surface area contributed by atoms with Crippen LogP contribution in [0.3, 0.4) is 0 Å². The summed E-state index contributed by atoms with van der Waals surface area (Å²) in [5, 5.41) is 3.36. The molecule has 0 fully saturated rings. The number of hydrogen-bond acceptors (Lipinski definition) is 4. The van der Waals surface area contributed by atoms with Crippen molar-refractivity contribution in [2.24, 2.45) is 0 Å². The molecule has 0 aromatic heterocycles. The fourth-order valence-electron chi connectivity index (χ4n) is 1.94. The van der Waals surface area contributed by atoms with E-state index in [0.29, 0.717) is 21.5 Å². The summed E-state index contributed by atoms with van der Waals surface area (Å²) in [6, 6.07) is 10.6. The number of carbonyl (C=O) groups excluding carboxylic acids is 1. The Labute approximate surface area is 156 Å². The van der Waals surface area contributed by atoms with Crippen molar-refractivity contribution in [2.75, 3.05) is 19.0 Å². The molecule has 25 heavy (non-hydrogen) atoms. The van der Waals surface area contributed by atoms with Crippen LogP contribution in [0.5, 0.6) is 5.75 Å². The highest BCUT2D eigenvalue weighted by Gasteiger charge is 2.14. The third kappa shape index (κ3) is 5.61. The van der Waals surface area contributed by atoms with Gasteiger partial charge >= 0.3 is 0 Å². The average molecular weight is 403 g/mol. The second kappa shape index (κ2) is 8.53. The SMILES string of the molecule is COc1ccc(S(=O)(=O)NCCC(=O)Nc2ccc(Cl)cc2Cl)cc1. The standard InChI is InChI=1S/C16H16Cl2N2O4S/c1-24-12-3-5-13(6-4-12)25(22,23)19-9-8-16(21)20-15-7-2-11(17)10-14(15)18/h2-7,10,19H,8-9H2,1H3,(H,20,21). The smallest absolute Gasteiger partial charge is 0.240 e. The molecule has 0 saturated carbocycles. The third-order valence-corrected chi connectivity index (χ3v) is 5.24. The van der Waals surface area contributed by atoms with Crippen molar-refractivity contribution in [3.05, 3.63) is 52.5 Å². The molecule has 0 radical (unpaired) electrons. The number of ether oxygens (including phenoxy) is 1. The quantitative estimate of drug-likeness (QED) is 0.743. The van der Waals surface area contributed by atoms with Crippen LogP contribution in [-0.2, 0) is 14.8 Å². The van der Waals surface area contributed by atoms with E-state index in [1.807, 2.05) is 0 Å². The van der Waals surface area contributed by atoms with Gasteiger partial charge in [0.25, 0.3) is 0 Å². The lowest BCUT2D eigenvalue weighted by atomic mass is 10.3. The van der Waals surface area contributed by atoms with Gasteiger partial charge in [0.1, 0.15) is 5.75 Å². The van der Waals surface area contributed by atoms with Gasteiger partial charge in [0, 0.05) is 18.0 Å². The van der Waals surface area contributed by atoms with E-state index in [1.54, 1.807) is 24.3 Å². The van der Waals surface area contributed by atoms with E-state index >= 15 is 0 Å². The van der Waals surface area contributed by atoms with Gasteiger partial charge in [0.15, 0.2) is 0 Å². The fraction of sp³-hybridized carbons (Fsp3) is 0.188. The Morgan fingerprint density at radius 1 is 1.12 bits per heavy atom. The van der Waals surface area contributed by atoms with E-state index in [-0.39, 0.29) is 23.8 Å². The second-order valence-corrected chi connectivity index (χ2v) is 7.61. The number of sulfonamides is 1. The molecule has 6 nitrogen and oxygen atoms in total. The van der Waals surface area contributed by atoms with Crippen LogP contribution in [0, 0.1) is 0 Å². The minimum absolute atomic E-state index is 0.0473. The molecule has 0 spiro atoms. The van der Waals surface area contributed by atoms with E-state index in [2.05, 4.69) is 10.0 Å². The summed E-state index contributed by atoms with van der Waals surface area (Å²) in [6.07, 6.45) is -0.0473. The number of nitrogens with one attached hydrogen (secondary N) is 2. The molecule has 0 aliphatic rings. The monoisotopic (exact) mass is 402 g/mol. The maximum atomic E-state index is 12.1. The maximum Gasteiger partial charge on any atom is 0.240 e. The molecular weight excluding hydrogens is 387 g/mol. The van der Waals surface area contributed by atoms with E-state index in [4.69, 9.17) is 27.9 Å². The Kier molecular flexibility index (Phi) is 6.66. The average Bonchev–Trinajstić information content (AvgIpc) is 2.57. The number of benzene rings is 2. The molecule has 0 saturated heterocycles. The first-order valence-electron chi connectivity index (χ1n) is 7.20. The highest BCUT2D eigenvalue weighted by molar-refractivity contribution is 7.89. The first-order valence-corrected chi connectivity index (χ1v) is 9.44. The minimum atomic E-state index is -3.70. The summed E-state index contributed by atoms with van der Waals surface area (Å²) in [5.41, 5.74) is 0.411. The van der Waals surface area contributed by atoms with Crippen LogP contribution < -0.4 is 14.8 Å². The zero-order valence-corrected chi connectivity index (χ0v) is 15.6. The molecule has 134 valence electrons. The van der Waals surface area contributed by atoms with Crippen LogP contribution in [0.4, 0.5) is 5.69 Å². The zero-order chi connectivity index (χ0) is 18.4. The number of amides is 1. The van der Waals surface area contributed by atoms with Crippen LogP contribution in [-0.4, -0.2) is 28.0 Å². The molecule has 0 heterocycles. The normalized spacial score (nSPS) is 11.2. The third-order valence-electron chi connectivity index (χ3n) is 3.22. The van der Waals surface area contributed by atoms with Gasteiger partial charge < -0.3 is 10.1 Å². The maximum absolute atomic E-state index is 12.1. The van der Waals surface area contributed by atoms with E-state index < -0.39 is 10.0 Å². The Morgan fingerprint density at radius 3 is 2.40 bits per heavy atom. The number of methoxy groups -OCH3 is 1. The molecule has 0 unspecified atom stereocenters. The van der Waals surface area contributed by atoms with E-state index in [9.17, 15) is 13.2 Å². The van der Waals surface area contributed by atoms with Gasteiger partial charge in [0.05, 0.1) is 22.7 Å². The molecule has 0 aliphatic carbocycles. The van der Waals surface area contributed by atoms with Crippen LogP contribution in [0.2, 0.25) is 10.0 Å². The lowest BCUT2D eigenvalue weighted by molar-refractivity contribution is -0.116. The van der Waals surface area contributed by atoms with Gasteiger partial charge in [-0.05, 0) is 42.5 Å². The number of carbonyl (C=O) groups is 1. The van der Waals surface area contributed by atoms with Crippen molar-refractivity contribution < 1.29 is 17.9 Å². The molecule has 0 bridgehead atoms. The molecule has 0 aliphatic heterocycles. The Bertz CT molecular complexity index is 855. The number of rotatable bonds is 7. The first-order chi connectivity index (χ1) is 11.8. The van der Waals surface area contributed by atoms with Crippen molar-refractivity contribution in [3.63, 3.8) is 0 Å². The van der Waals surface area contributed by atoms with Crippen molar-refractivity contribution in [3.8, 4) is 5.75 Å². The summed E-state index contributed by atoms with van der Waals surface area (Å²) in [4.78, 5) is 12.0. The Balaban J connectivity index is 1.89. The molecule has 2 aromatic rings. The van der Waals surface area contributed by atoms with Crippen LogP contribution in [0.1, 0.15) is 6.42 Å². The van der Waals surface area contributed by atoms with Crippen molar-refractivity contribution in [1.82, 2.24) is 4.72 Å². The van der Waals surface area contributed by atoms with Crippen molar-refractivity contribution in [1.29, 1.82) is 0 Å². The highest BCUT2D eigenvalue weighted by atomic mass is 35.5. The second-order valence-electron chi connectivity index (χ2n) is 5.00. The molecule has 9 heteroatoms. The summed E-state index contributed by atoms with van der Waals surface area (Å²) in [7, 11) is -2.20. The summed E-state index contributed by atoms with van der Waals surface area (Å²) in [5.74, 6) is 0.180. The van der Waals surface area contributed by atoms with Crippen LogP contribution in [0.25, 0.3) is 0 Å². The summed E-state index contributed by atoms with van der Waals surface area (Å²) >= 11 is 11.7. The highest BCUT2D eigenvalue weighted by Crippen LogP contribution is 2.25. The topological polar surface area (TPSA) is 84.5 Å². The number of anilines is 1. The van der Waals surface area contributed by atoms with Gasteiger partial charge in [-0.15, -0.1) is 0 Å². The van der Waals surface area contributed by atoms with Gasteiger partial charge in [-0.1, -0.05) is 23.2 Å². The zero-order valence-electron chi connectivity index (χ0n) is 13.3. The van der Waals surface area contributed by atoms with Gasteiger partial charge in [-0.2, -0.15) is 0 Å². The number of halogens is 2. The number of hydrogen-bond donors (Lipinski definition) is 2. The predicted octanol–water partition coefficient (Wildman–Crippen LogP) is 3.31. The Morgan fingerprint density at radius 2 is 1.80 bits per heavy atom. The van der Waals surface area contributed by atoms with E-state index in [0.717, 1.165) is 0 Å². The molecule has 1 amide bonds. The molecule has 0 atom stereocenters. The van der Waals surface area contributed by atoms with E-state index in [1.165, 1.54) is 25.3 Å². The minimum Gasteiger partial charge on any atom is -0.497 e. The van der Waals surface area contributed by atoms with Crippen LogP contribution >= 0.6 is 23.2 Å². The molecule has 2 rings (SSSR count). The molecular formula is C16H16Cl2N2O4S. The van der Waals surface area contributed by atoms with Crippen LogP contribution in [0.15, 0.2) is 47.4 Å². The lowest BCUT2D eigenvalue weighted by Crippen LogP contribution is -2.27. The molecule has 2 N–H and O–H groups in total. The summed E-state index contributed by atoms with van der Waals surface area (Å²) < 4.78 is 31.6. The van der Waals surface area contributed by atoms with Crippen molar-refractivity contribution in [2.45, 2.75) is 11.3 Å². The van der Waals surface area contributed by atoms with Gasteiger partial charge in [-0.3, -0.25) is 4.79 Å². The van der Waals surface area contributed by atoms with Crippen molar-refractivity contribution >= 4 is 44.8 Å². The summed E-state index contributed by atoms with van der Waals surface area (Å²) in [6.45, 7) is -0.0502. The van der Waals surface area contributed by atoms with Gasteiger partial charge in [-0.25, -0.2) is 13.1 Å². The largest absolute Gasteiger partial charge is 0.497 e. The molecule has 2 aromatic carbocycles.